The van der Waals surface area contributed by atoms with E-state index in [2.05, 4.69) is 5.92 Å². The van der Waals surface area contributed by atoms with E-state index in [0.29, 0.717) is 69.4 Å². The fourth-order valence-corrected chi connectivity index (χ4v) is 4.26. The Hall–Kier alpha value is -2.86. The van der Waals surface area contributed by atoms with Gasteiger partial charge in [-0.2, -0.15) is 0 Å². The molecule has 0 spiro atoms. The van der Waals surface area contributed by atoms with Crippen LogP contribution in [-0.4, -0.2) is 85.5 Å². The number of terminal acetylenes is 1. The molecular formula is C22H24N2O6. The Labute approximate surface area is 175 Å². The number of carbonyl (C=O) groups excluding carboxylic acids is 1. The molecule has 0 aromatic heterocycles. The Balaban J connectivity index is 1.84. The van der Waals surface area contributed by atoms with Crippen LogP contribution in [0, 0.1) is 12.3 Å². The van der Waals surface area contributed by atoms with E-state index in [4.69, 9.17) is 20.6 Å². The van der Waals surface area contributed by atoms with E-state index in [-0.39, 0.29) is 0 Å². The van der Waals surface area contributed by atoms with Crippen molar-refractivity contribution in [3.63, 3.8) is 0 Å². The summed E-state index contributed by atoms with van der Waals surface area (Å²) < 4.78 is 16.7. The average molecular weight is 412 g/mol. The van der Waals surface area contributed by atoms with Crippen molar-refractivity contribution in [1.29, 1.82) is 0 Å². The van der Waals surface area contributed by atoms with Gasteiger partial charge in [-0.05, 0) is 18.2 Å². The Morgan fingerprint density at radius 3 is 2.43 bits per heavy atom. The Morgan fingerprint density at radius 1 is 1.13 bits per heavy atom. The molecule has 1 aromatic rings. The van der Waals surface area contributed by atoms with Gasteiger partial charge in [0.1, 0.15) is 5.70 Å². The molecule has 0 aliphatic carbocycles. The van der Waals surface area contributed by atoms with Crippen LogP contribution < -0.4 is 0 Å². The molecule has 2 fully saturated rings. The number of carbonyl (C=O) groups is 2. The zero-order valence-electron chi connectivity index (χ0n) is 16.6. The molecule has 0 bridgehead atoms. The molecular weight excluding hydrogens is 388 g/mol. The number of cyclic esters (lactones) is 1. The third-order valence-electron chi connectivity index (χ3n) is 5.71. The first kappa shape index (κ1) is 20.4. The first-order chi connectivity index (χ1) is 14.5. The van der Waals surface area contributed by atoms with Crippen molar-refractivity contribution in [3.8, 4) is 12.3 Å². The van der Waals surface area contributed by atoms with E-state index in [9.17, 15) is 14.7 Å². The summed E-state index contributed by atoms with van der Waals surface area (Å²) in [5.74, 6) is 0.959. The van der Waals surface area contributed by atoms with Gasteiger partial charge in [0, 0.05) is 37.3 Å². The van der Waals surface area contributed by atoms with Gasteiger partial charge in [-0.15, -0.1) is 6.42 Å². The highest BCUT2D eigenvalue weighted by Gasteiger charge is 2.55. The molecule has 3 aliphatic heterocycles. The fraction of sp³-hybridized carbons (Fsp3) is 0.455. The smallest absolute Gasteiger partial charge is 0.355 e. The van der Waals surface area contributed by atoms with Crippen molar-refractivity contribution in [2.24, 2.45) is 0 Å². The summed E-state index contributed by atoms with van der Waals surface area (Å²) in [4.78, 5) is 29.2. The van der Waals surface area contributed by atoms with E-state index < -0.39 is 23.6 Å². The van der Waals surface area contributed by atoms with Crippen LogP contribution in [0.1, 0.15) is 11.1 Å². The monoisotopic (exact) mass is 412 g/mol. The molecule has 3 aliphatic rings. The van der Waals surface area contributed by atoms with Crippen LogP contribution in [0.15, 0.2) is 36.0 Å². The summed E-state index contributed by atoms with van der Waals surface area (Å²) in [6.45, 7) is 3.74. The van der Waals surface area contributed by atoms with Gasteiger partial charge in [-0.3, -0.25) is 9.69 Å². The summed E-state index contributed by atoms with van der Waals surface area (Å²) in [5.41, 5.74) is -0.0135. The molecule has 0 radical (unpaired) electrons. The molecule has 2 atom stereocenters. The van der Waals surface area contributed by atoms with Crippen LogP contribution >= 0.6 is 0 Å². The first-order valence-electron chi connectivity index (χ1n) is 9.96. The minimum absolute atomic E-state index is 0.365. The van der Waals surface area contributed by atoms with Crippen molar-refractivity contribution in [2.75, 3.05) is 52.6 Å². The van der Waals surface area contributed by atoms with E-state index in [1.54, 1.807) is 35.2 Å². The second-order valence-corrected chi connectivity index (χ2v) is 7.43. The van der Waals surface area contributed by atoms with Crippen LogP contribution in [0.3, 0.4) is 0 Å². The fourth-order valence-electron chi connectivity index (χ4n) is 4.26. The van der Waals surface area contributed by atoms with E-state index in [1.807, 2.05) is 4.90 Å². The van der Waals surface area contributed by atoms with Gasteiger partial charge in [0.05, 0.1) is 26.4 Å². The first-order valence-corrected chi connectivity index (χ1v) is 9.96. The third-order valence-corrected chi connectivity index (χ3v) is 5.71. The highest BCUT2D eigenvalue weighted by molar-refractivity contribution is 5.93. The van der Waals surface area contributed by atoms with Gasteiger partial charge >= 0.3 is 11.9 Å². The number of carboxylic acid groups (broad SMARTS) is 1. The van der Waals surface area contributed by atoms with Gasteiger partial charge in [0.25, 0.3) is 0 Å². The molecule has 8 nitrogen and oxygen atoms in total. The average Bonchev–Trinajstić information content (AvgIpc) is 3.13. The van der Waals surface area contributed by atoms with Crippen LogP contribution in [0.4, 0.5) is 0 Å². The lowest BCUT2D eigenvalue weighted by molar-refractivity contribution is -0.168. The molecule has 0 amide bonds. The van der Waals surface area contributed by atoms with Crippen molar-refractivity contribution in [1.82, 2.24) is 9.80 Å². The quantitative estimate of drug-likeness (QED) is 0.550. The molecule has 1 N–H and O–H groups in total. The molecule has 30 heavy (non-hydrogen) atoms. The maximum absolute atomic E-state index is 13.0. The summed E-state index contributed by atoms with van der Waals surface area (Å²) in [5, 5.41) is 10.2. The van der Waals surface area contributed by atoms with Gasteiger partial charge in [-0.25, -0.2) is 4.79 Å². The van der Waals surface area contributed by atoms with Gasteiger partial charge < -0.3 is 24.2 Å². The number of aliphatic carboxylic acids is 1. The predicted molar refractivity (Wildman–Crippen MR) is 106 cm³/mol. The maximum Gasteiger partial charge on any atom is 0.355 e. The van der Waals surface area contributed by atoms with Gasteiger partial charge in [0.15, 0.2) is 11.6 Å². The number of hydrogen-bond donors (Lipinski definition) is 1. The number of morpholine rings is 2. The van der Waals surface area contributed by atoms with Crippen molar-refractivity contribution < 1.29 is 28.9 Å². The number of hydrogen-bond acceptors (Lipinski definition) is 7. The Bertz CT molecular complexity index is 895. The normalized spacial score (nSPS) is 25.9. The maximum atomic E-state index is 13.0. The number of rotatable bonds is 5. The minimum atomic E-state index is -1.50. The molecule has 4 rings (SSSR count). The van der Waals surface area contributed by atoms with E-state index >= 15 is 0 Å². The Morgan fingerprint density at radius 2 is 1.80 bits per heavy atom. The molecule has 0 unspecified atom stereocenters. The molecule has 158 valence electrons. The van der Waals surface area contributed by atoms with E-state index in [1.165, 1.54) is 0 Å². The van der Waals surface area contributed by atoms with Crippen LogP contribution in [-0.2, 0) is 29.4 Å². The number of esters is 1. The van der Waals surface area contributed by atoms with Gasteiger partial charge in [-0.1, -0.05) is 18.1 Å². The largest absolute Gasteiger partial charge is 0.480 e. The van der Waals surface area contributed by atoms with Gasteiger partial charge in [0.2, 0.25) is 0 Å². The minimum Gasteiger partial charge on any atom is -0.480 e. The lowest BCUT2D eigenvalue weighted by Crippen LogP contribution is -2.58. The molecule has 8 heteroatoms. The standard InChI is InChI=1S/C22H24N2O6/c1-2-16-4-3-5-17(14-16)22(19(20(25)26)24-8-12-29-13-9-24)15-18(21(27)30-22)23-6-10-28-11-7-23/h1,3-5,14-15,19H,6-13H2,(H,25,26)/t19-,22+/m1/s1. The topological polar surface area (TPSA) is 88.5 Å². The number of nitrogens with zero attached hydrogens (tertiary/aromatic N) is 2. The lowest BCUT2D eigenvalue weighted by atomic mass is 9.84. The van der Waals surface area contributed by atoms with Crippen LogP contribution in [0.5, 0.6) is 0 Å². The Kier molecular flexibility index (Phi) is 5.77. The van der Waals surface area contributed by atoms with E-state index in [0.717, 1.165) is 0 Å². The zero-order valence-corrected chi connectivity index (χ0v) is 16.6. The number of benzene rings is 1. The summed E-state index contributed by atoms with van der Waals surface area (Å²) in [6.07, 6.45) is 7.23. The second kappa shape index (κ2) is 8.48. The second-order valence-electron chi connectivity index (χ2n) is 7.43. The molecule has 3 heterocycles. The zero-order chi connectivity index (χ0) is 21.1. The van der Waals surface area contributed by atoms with Crippen LogP contribution in [0.2, 0.25) is 0 Å². The number of ether oxygens (including phenoxy) is 3. The molecule has 0 saturated carbocycles. The summed E-state index contributed by atoms with van der Waals surface area (Å²) >= 11 is 0. The third kappa shape index (κ3) is 3.67. The number of carboxylic acids is 1. The van der Waals surface area contributed by atoms with Crippen molar-refractivity contribution in [2.45, 2.75) is 11.6 Å². The highest BCUT2D eigenvalue weighted by atomic mass is 16.6. The molecule has 2 saturated heterocycles. The summed E-state index contributed by atoms with van der Waals surface area (Å²) in [7, 11) is 0. The van der Waals surface area contributed by atoms with Crippen LogP contribution in [0.25, 0.3) is 0 Å². The van der Waals surface area contributed by atoms with Crippen molar-refractivity contribution in [3.05, 3.63) is 47.2 Å². The summed E-state index contributed by atoms with van der Waals surface area (Å²) in [6, 6.07) is 5.85. The SMILES string of the molecule is C#Cc1cccc([C@]2([C@@H](C(=O)O)N3CCOCC3)C=C(N3CCOCC3)C(=O)O2)c1. The lowest BCUT2D eigenvalue weighted by Gasteiger charge is -2.41. The van der Waals surface area contributed by atoms with Crippen molar-refractivity contribution >= 4 is 11.9 Å². The predicted octanol–water partition coefficient (Wildman–Crippen LogP) is 0.422. The molecule has 1 aromatic carbocycles. The highest BCUT2D eigenvalue weighted by Crippen LogP contribution is 2.42.